The Bertz CT molecular complexity index is 1030. The van der Waals surface area contributed by atoms with E-state index in [1.54, 1.807) is 31.2 Å². The number of carboxylic acids is 1. The summed E-state index contributed by atoms with van der Waals surface area (Å²) in [6.45, 7) is 3.47. The van der Waals surface area contributed by atoms with E-state index in [1.165, 1.54) is 6.92 Å². The van der Waals surface area contributed by atoms with Gasteiger partial charge in [-0.3, -0.25) is 4.79 Å². The number of aromatic hydroxyl groups is 1. The molecule has 3 aromatic carbocycles. The molecule has 5 heteroatoms. The van der Waals surface area contributed by atoms with Gasteiger partial charge < -0.3 is 14.9 Å². The number of rotatable bonds is 7. The van der Waals surface area contributed by atoms with Crippen molar-refractivity contribution in [3.05, 3.63) is 94.0 Å². The fourth-order valence-corrected chi connectivity index (χ4v) is 3.04. The highest BCUT2D eigenvalue weighted by Crippen LogP contribution is 2.31. The molecule has 0 heterocycles. The molecule has 148 valence electrons. The van der Waals surface area contributed by atoms with Crippen LogP contribution in [-0.2, 0) is 13.0 Å². The molecule has 5 nitrogen and oxygen atoms in total. The minimum atomic E-state index is -0.930. The lowest BCUT2D eigenvalue weighted by molar-refractivity contribution is 0.0696. The maximum absolute atomic E-state index is 11.5. The summed E-state index contributed by atoms with van der Waals surface area (Å²) in [5.74, 6) is -0.625. The Kier molecular flexibility index (Phi) is 5.98. The van der Waals surface area contributed by atoms with Crippen molar-refractivity contribution in [2.45, 2.75) is 26.9 Å². The maximum Gasteiger partial charge on any atom is 0.335 e. The zero-order valence-electron chi connectivity index (χ0n) is 16.3. The number of carbonyl (C=O) groups excluding carboxylic acids is 1. The van der Waals surface area contributed by atoms with E-state index in [0.29, 0.717) is 24.3 Å². The van der Waals surface area contributed by atoms with Crippen LogP contribution in [0.5, 0.6) is 11.5 Å². The molecule has 0 saturated carbocycles. The number of ketones is 1. The Hall–Kier alpha value is -3.60. The van der Waals surface area contributed by atoms with Crippen LogP contribution in [0.15, 0.2) is 60.7 Å². The molecular weight excluding hydrogens is 368 g/mol. The molecule has 0 aliphatic heterocycles. The monoisotopic (exact) mass is 390 g/mol. The highest BCUT2D eigenvalue weighted by atomic mass is 16.5. The number of ether oxygens (including phenoxy) is 1. The third-order valence-corrected chi connectivity index (χ3v) is 4.79. The number of benzene rings is 3. The Labute approximate surface area is 169 Å². The van der Waals surface area contributed by atoms with Gasteiger partial charge in [0.15, 0.2) is 5.78 Å². The first-order chi connectivity index (χ1) is 13.8. The van der Waals surface area contributed by atoms with Gasteiger partial charge in [-0.15, -0.1) is 0 Å². The smallest absolute Gasteiger partial charge is 0.335 e. The first-order valence-electron chi connectivity index (χ1n) is 9.21. The van der Waals surface area contributed by atoms with Crippen LogP contribution in [0.1, 0.15) is 49.9 Å². The number of Topliss-reactive ketones (excluding diaryl/α,β-unsaturated/α-hetero) is 1. The van der Waals surface area contributed by atoms with Crippen molar-refractivity contribution in [2.24, 2.45) is 0 Å². The lowest BCUT2D eigenvalue weighted by atomic mass is 10.0. The fraction of sp³-hybridized carbons (Fsp3) is 0.167. The molecule has 2 N–H and O–H groups in total. The molecular formula is C24H22O5. The van der Waals surface area contributed by atoms with Gasteiger partial charge in [0.2, 0.25) is 0 Å². The Morgan fingerprint density at radius 3 is 1.97 bits per heavy atom. The van der Waals surface area contributed by atoms with Gasteiger partial charge >= 0.3 is 5.97 Å². The Morgan fingerprint density at radius 1 is 0.862 bits per heavy atom. The summed E-state index contributed by atoms with van der Waals surface area (Å²) in [5.41, 5.74) is 4.23. The van der Waals surface area contributed by atoms with Crippen LogP contribution in [0.2, 0.25) is 0 Å². The second-order valence-electron chi connectivity index (χ2n) is 6.93. The number of aromatic carboxylic acids is 1. The predicted octanol–water partition coefficient (Wildman–Crippen LogP) is 4.77. The van der Waals surface area contributed by atoms with Gasteiger partial charge in [0.25, 0.3) is 0 Å². The van der Waals surface area contributed by atoms with Crippen molar-refractivity contribution >= 4 is 11.8 Å². The minimum Gasteiger partial charge on any atom is -0.507 e. The van der Waals surface area contributed by atoms with Crippen molar-refractivity contribution in [1.29, 1.82) is 0 Å². The Balaban J connectivity index is 1.63. The van der Waals surface area contributed by atoms with E-state index >= 15 is 0 Å². The number of carbonyl (C=O) groups is 2. The van der Waals surface area contributed by atoms with Crippen LogP contribution in [0.4, 0.5) is 0 Å². The zero-order chi connectivity index (χ0) is 21.0. The van der Waals surface area contributed by atoms with Crippen molar-refractivity contribution < 1.29 is 24.5 Å². The van der Waals surface area contributed by atoms with E-state index in [4.69, 9.17) is 9.84 Å². The molecule has 0 bridgehead atoms. The second-order valence-corrected chi connectivity index (χ2v) is 6.93. The normalized spacial score (nSPS) is 10.6. The van der Waals surface area contributed by atoms with E-state index in [0.717, 1.165) is 16.7 Å². The standard InChI is InChI=1S/C24H22O5/c1-15-22(12-11-21(16(2)25)23(15)26)29-14-19-5-3-17(4-6-19)13-18-7-9-20(10-8-18)24(27)28/h3-12,26H,13-14H2,1-2H3,(H,27,28). The average molecular weight is 390 g/mol. The van der Waals surface area contributed by atoms with Crippen molar-refractivity contribution in [3.63, 3.8) is 0 Å². The van der Waals surface area contributed by atoms with Gasteiger partial charge in [0.1, 0.15) is 18.1 Å². The number of phenolic OH excluding ortho intramolecular Hbond substituents is 1. The van der Waals surface area contributed by atoms with Crippen LogP contribution >= 0.6 is 0 Å². The van der Waals surface area contributed by atoms with E-state index in [2.05, 4.69) is 0 Å². The van der Waals surface area contributed by atoms with E-state index in [9.17, 15) is 14.7 Å². The second kappa shape index (κ2) is 8.61. The molecule has 0 radical (unpaired) electrons. The van der Waals surface area contributed by atoms with E-state index in [-0.39, 0.29) is 22.7 Å². The fourth-order valence-electron chi connectivity index (χ4n) is 3.04. The molecule has 0 aromatic heterocycles. The minimum absolute atomic E-state index is 0.0423. The van der Waals surface area contributed by atoms with Crippen LogP contribution in [-0.4, -0.2) is 22.0 Å². The first kappa shape index (κ1) is 20.1. The van der Waals surface area contributed by atoms with Gasteiger partial charge in [-0.1, -0.05) is 36.4 Å². The quantitative estimate of drug-likeness (QED) is 0.568. The molecule has 0 unspecified atom stereocenters. The molecule has 0 atom stereocenters. The molecule has 3 rings (SSSR count). The van der Waals surface area contributed by atoms with Crippen LogP contribution in [0, 0.1) is 6.92 Å². The summed E-state index contributed by atoms with van der Waals surface area (Å²) in [5, 5.41) is 19.1. The highest BCUT2D eigenvalue weighted by molar-refractivity contribution is 5.97. The van der Waals surface area contributed by atoms with Crippen LogP contribution in [0.3, 0.4) is 0 Å². The van der Waals surface area contributed by atoms with Gasteiger partial charge in [-0.2, -0.15) is 0 Å². The van der Waals surface area contributed by atoms with E-state index in [1.807, 2.05) is 36.4 Å². The topological polar surface area (TPSA) is 83.8 Å². The summed E-state index contributed by atoms with van der Waals surface area (Å²) in [6, 6.07) is 18.1. The van der Waals surface area contributed by atoms with Crippen molar-refractivity contribution in [3.8, 4) is 11.5 Å². The van der Waals surface area contributed by atoms with E-state index < -0.39 is 5.97 Å². The molecule has 0 saturated heterocycles. The highest BCUT2D eigenvalue weighted by Gasteiger charge is 2.13. The maximum atomic E-state index is 11.5. The largest absolute Gasteiger partial charge is 0.507 e. The number of phenols is 1. The van der Waals surface area contributed by atoms with Crippen molar-refractivity contribution in [1.82, 2.24) is 0 Å². The number of carboxylic acid groups (broad SMARTS) is 1. The predicted molar refractivity (Wildman–Crippen MR) is 110 cm³/mol. The van der Waals surface area contributed by atoms with Gasteiger partial charge in [-0.25, -0.2) is 4.79 Å². The summed E-state index contributed by atoms with van der Waals surface area (Å²) in [4.78, 5) is 22.4. The number of hydrogen-bond acceptors (Lipinski definition) is 4. The summed E-state index contributed by atoms with van der Waals surface area (Å²) >= 11 is 0. The summed E-state index contributed by atoms with van der Waals surface area (Å²) in [6.07, 6.45) is 0.709. The SMILES string of the molecule is CC(=O)c1ccc(OCc2ccc(Cc3ccc(C(=O)O)cc3)cc2)c(C)c1O. The third-order valence-electron chi connectivity index (χ3n) is 4.79. The zero-order valence-corrected chi connectivity index (χ0v) is 16.3. The Morgan fingerprint density at radius 2 is 1.41 bits per heavy atom. The van der Waals surface area contributed by atoms with Gasteiger partial charge in [-0.05, 0) is 61.2 Å². The lowest BCUT2D eigenvalue weighted by Crippen LogP contribution is -2.00. The van der Waals surface area contributed by atoms with Gasteiger partial charge in [0, 0.05) is 5.56 Å². The van der Waals surface area contributed by atoms with Crippen LogP contribution in [0.25, 0.3) is 0 Å². The summed E-state index contributed by atoms with van der Waals surface area (Å²) < 4.78 is 5.81. The molecule has 0 fully saturated rings. The molecule has 3 aromatic rings. The third kappa shape index (κ3) is 4.82. The molecule has 0 spiro atoms. The molecule has 29 heavy (non-hydrogen) atoms. The first-order valence-corrected chi connectivity index (χ1v) is 9.21. The average Bonchev–Trinajstić information content (AvgIpc) is 2.70. The van der Waals surface area contributed by atoms with Gasteiger partial charge in [0.05, 0.1) is 11.1 Å². The lowest BCUT2D eigenvalue weighted by Gasteiger charge is -2.12. The van der Waals surface area contributed by atoms with Crippen molar-refractivity contribution in [2.75, 3.05) is 0 Å². The number of hydrogen-bond donors (Lipinski definition) is 2. The summed E-state index contributed by atoms with van der Waals surface area (Å²) in [7, 11) is 0. The van der Waals surface area contributed by atoms with Crippen LogP contribution < -0.4 is 4.74 Å². The molecule has 0 aliphatic rings. The molecule has 0 amide bonds. The molecule has 0 aliphatic carbocycles.